The third-order valence-corrected chi connectivity index (χ3v) is 2.67. The molecule has 2 rings (SSSR count). The van der Waals surface area contributed by atoms with Crippen LogP contribution in [0.3, 0.4) is 0 Å². The molecule has 2 aromatic heterocycles. The number of fused-ring (bicyclic) bond motifs is 1. The Morgan fingerprint density at radius 1 is 1.28 bits per heavy atom. The van der Waals surface area contributed by atoms with E-state index in [1.54, 1.807) is 10.7 Å². The number of aromatic nitrogens is 3. The summed E-state index contributed by atoms with van der Waals surface area (Å²) in [6, 6.07) is 3.82. The largest absolute Gasteiger partial charge is 0.381 e. The van der Waals surface area contributed by atoms with Crippen molar-refractivity contribution in [3.63, 3.8) is 0 Å². The van der Waals surface area contributed by atoms with E-state index in [4.69, 9.17) is 4.74 Å². The summed E-state index contributed by atoms with van der Waals surface area (Å²) in [5.41, 5.74) is 0.860. The molecule has 2 aromatic rings. The number of anilines is 1. The van der Waals surface area contributed by atoms with Crippen molar-refractivity contribution in [2.24, 2.45) is 0 Å². The fourth-order valence-corrected chi connectivity index (χ4v) is 1.65. The molecule has 0 unspecified atom stereocenters. The third-order valence-electron chi connectivity index (χ3n) is 2.67. The highest BCUT2D eigenvalue weighted by Crippen LogP contribution is 2.05. The zero-order valence-corrected chi connectivity index (χ0v) is 10.8. The summed E-state index contributed by atoms with van der Waals surface area (Å²) < 4.78 is 7.24. The average Bonchev–Trinajstić information content (AvgIpc) is 2.85. The minimum absolute atomic E-state index is 0.807. The van der Waals surface area contributed by atoms with E-state index < -0.39 is 0 Å². The van der Waals surface area contributed by atoms with E-state index in [0.29, 0.717) is 0 Å². The lowest BCUT2D eigenvalue weighted by atomic mass is 10.3. The maximum absolute atomic E-state index is 5.50. The van der Waals surface area contributed by atoms with E-state index >= 15 is 0 Å². The highest BCUT2D eigenvalue weighted by molar-refractivity contribution is 5.45. The van der Waals surface area contributed by atoms with Crippen LogP contribution in [0.1, 0.15) is 26.2 Å². The predicted octanol–water partition coefficient (Wildman–Crippen LogP) is 2.35. The highest BCUT2D eigenvalue weighted by Gasteiger charge is 1.97. The molecular weight excluding hydrogens is 228 g/mol. The Hall–Kier alpha value is -1.62. The van der Waals surface area contributed by atoms with E-state index in [2.05, 4.69) is 22.3 Å². The zero-order chi connectivity index (χ0) is 12.6. The van der Waals surface area contributed by atoms with Crippen LogP contribution in [0, 0.1) is 0 Å². The number of hydrogen-bond donors (Lipinski definition) is 1. The predicted molar refractivity (Wildman–Crippen MR) is 71.8 cm³/mol. The summed E-state index contributed by atoms with van der Waals surface area (Å²) in [4.78, 5) is 4.43. The summed E-state index contributed by atoms with van der Waals surface area (Å²) >= 11 is 0. The lowest BCUT2D eigenvalue weighted by Gasteiger charge is -2.06. The summed E-state index contributed by atoms with van der Waals surface area (Å²) in [5.74, 6) is 0.886. The lowest BCUT2D eigenvalue weighted by Crippen LogP contribution is -2.07. The molecule has 0 aliphatic heterocycles. The van der Waals surface area contributed by atoms with E-state index in [1.165, 1.54) is 6.42 Å². The van der Waals surface area contributed by atoms with E-state index in [-0.39, 0.29) is 0 Å². The van der Waals surface area contributed by atoms with Gasteiger partial charge in [-0.2, -0.15) is 5.10 Å². The molecule has 0 spiro atoms. The van der Waals surface area contributed by atoms with Crippen molar-refractivity contribution in [3.05, 3.63) is 24.5 Å². The molecule has 0 saturated carbocycles. The van der Waals surface area contributed by atoms with Crippen LogP contribution >= 0.6 is 0 Å². The van der Waals surface area contributed by atoms with E-state index in [1.807, 2.05) is 18.3 Å². The molecule has 0 aromatic carbocycles. The van der Waals surface area contributed by atoms with Gasteiger partial charge in [-0.25, -0.2) is 9.50 Å². The fraction of sp³-hybridized carbons (Fsp3) is 0.538. The van der Waals surface area contributed by atoms with Crippen molar-refractivity contribution in [1.29, 1.82) is 0 Å². The van der Waals surface area contributed by atoms with E-state index in [9.17, 15) is 0 Å². The molecule has 5 heteroatoms. The Bertz CT molecular complexity index is 469. The van der Waals surface area contributed by atoms with Crippen LogP contribution in [0.25, 0.3) is 5.65 Å². The quantitative estimate of drug-likeness (QED) is 0.729. The second-order valence-corrected chi connectivity index (χ2v) is 4.19. The molecule has 18 heavy (non-hydrogen) atoms. The van der Waals surface area contributed by atoms with Crippen molar-refractivity contribution in [2.45, 2.75) is 26.2 Å². The van der Waals surface area contributed by atoms with Gasteiger partial charge in [0.25, 0.3) is 0 Å². The van der Waals surface area contributed by atoms with Gasteiger partial charge < -0.3 is 10.1 Å². The van der Waals surface area contributed by atoms with E-state index in [0.717, 1.165) is 44.1 Å². The minimum atomic E-state index is 0.807. The summed E-state index contributed by atoms with van der Waals surface area (Å²) in [7, 11) is 0. The van der Waals surface area contributed by atoms with Crippen LogP contribution in [0.2, 0.25) is 0 Å². The molecule has 0 aliphatic carbocycles. The molecule has 0 bridgehead atoms. The van der Waals surface area contributed by atoms with Gasteiger partial charge in [0.1, 0.15) is 5.82 Å². The monoisotopic (exact) mass is 248 g/mol. The Morgan fingerprint density at radius 2 is 2.17 bits per heavy atom. The topological polar surface area (TPSA) is 51.5 Å². The molecule has 0 atom stereocenters. The van der Waals surface area contributed by atoms with Gasteiger partial charge in [0.2, 0.25) is 0 Å². The zero-order valence-electron chi connectivity index (χ0n) is 10.8. The summed E-state index contributed by atoms with van der Waals surface area (Å²) in [6.45, 7) is 4.73. The van der Waals surface area contributed by atoms with Gasteiger partial charge in [-0.3, -0.25) is 0 Å². The van der Waals surface area contributed by atoms with Gasteiger partial charge in [-0.15, -0.1) is 0 Å². The van der Waals surface area contributed by atoms with Gasteiger partial charge in [0, 0.05) is 32.0 Å². The fourth-order valence-electron chi connectivity index (χ4n) is 1.65. The van der Waals surface area contributed by atoms with Gasteiger partial charge >= 0.3 is 0 Å². The standard InChI is InChI=1S/C13H20N4O/c1-2-3-10-18-11-4-7-14-12-6-9-17-13(16-12)5-8-15-17/h5-6,8-9H,2-4,7,10-11H2,1H3,(H,14,16). The van der Waals surface area contributed by atoms with Crippen LogP contribution in [0.4, 0.5) is 5.82 Å². The maximum Gasteiger partial charge on any atom is 0.157 e. The molecule has 0 amide bonds. The Morgan fingerprint density at radius 3 is 3.06 bits per heavy atom. The second kappa shape index (κ2) is 6.96. The molecule has 0 aliphatic rings. The van der Waals surface area contributed by atoms with Crippen molar-refractivity contribution in [1.82, 2.24) is 14.6 Å². The van der Waals surface area contributed by atoms with Crippen LogP contribution in [-0.2, 0) is 4.74 Å². The molecule has 5 nitrogen and oxygen atoms in total. The molecular formula is C13H20N4O. The molecule has 0 saturated heterocycles. The summed E-state index contributed by atoms with van der Waals surface area (Å²) in [5, 5.41) is 7.39. The van der Waals surface area contributed by atoms with Crippen LogP contribution < -0.4 is 5.32 Å². The minimum Gasteiger partial charge on any atom is -0.381 e. The maximum atomic E-state index is 5.50. The molecule has 2 heterocycles. The number of unbranched alkanes of at least 4 members (excludes halogenated alkanes) is 1. The summed E-state index contributed by atoms with van der Waals surface area (Å²) in [6.07, 6.45) is 6.98. The first kappa shape index (κ1) is 12.8. The normalized spacial score (nSPS) is 10.9. The Balaban J connectivity index is 1.67. The second-order valence-electron chi connectivity index (χ2n) is 4.19. The van der Waals surface area contributed by atoms with Gasteiger partial charge in [0.15, 0.2) is 5.65 Å². The Labute approximate surface area is 107 Å². The van der Waals surface area contributed by atoms with Crippen LogP contribution in [-0.4, -0.2) is 34.4 Å². The van der Waals surface area contributed by atoms with Gasteiger partial charge in [0.05, 0.1) is 6.20 Å². The molecule has 98 valence electrons. The van der Waals surface area contributed by atoms with Crippen LogP contribution in [0.5, 0.6) is 0 Å². The number of nitrogens with one attached hydrogen (secondary N) is 1. The van der Waals surface area contributed by atoms with Crippen molar-refractivity contribution >= 4 is 11.5 Å². The molecule has 0 fully saturated rings. The molecule has 1 N–H and O–H groups in total. The first-order valence-electron chi connectivity index (χ1n) is 6.52. The number of hydrogen-bond acceptors (Lipinski definition) is 4. The van der Waals surface area contributed by atoms with Gasteiger partial charge in [-0.05, 0) is 18.9 Å². The van der Waals surface area contributed by atoms with Crippen molar-refractivity contribution in [3.8, 4) is 0 Å². The lowest BCUT2D eigenvalue weighted by molar-refractivity contribution is 0.131. The third kappa shape index (κ3) is 3.70. The number of rotatable bonds is 8. The smallest absolute Gasteiger partial charge is 0.157 e. The highest BCUT2D eigenvalue weighted by atomic mass is 16.5. The van der Waals surface area contributed by atoms with Crippen molar-refractivity contribution in [2.75, 3.05) is 25.1 Å². The first-order chi connectivity index (χ1) is 8.90. The SMILES string of the molecule is CCCCOCCCNc1ccn2nccc2n1. The molecule has 0 radical (unpaired) electrons. The number of ether oxygens (including phenoxy) is 1. The van der Waals surface area contributed by atoms with Gasteiger partial charge in [-0.1, -0.05) is 13.3 Å². The van der Waals surface area contributed by atoms with Crippen molar-refractivity contribution < 1.29 is 4.74 Å². The average molecular weight is 248 g/mol. The first-order valence-corrected chi connectivity index (χ1v) is 6.52. The Kier molecular flexibility index (Phi) is 4.96. The van der Waals surface area contributed by atoms with Crippen LogP contribution in [0.15, 0.2) is 24.5 Å². The number of nitrogens with zero attached hydrogens (tertiary/aromatic N) is 3.